The zero-order valence-corrected chi connectivity index (χ0v) is 12.4. The van der Waals surface area contributed by atoms with Crippen molar-refractivity contribution in [3.8, 4) is 0 Å². The van der Waals surface area contributed by atoms with Gasteiger partial charge in [-0.15, -0.1) is 0 Å². The molecule has 0 saturated carbocycles. The summed E-state index contributed by atoms with van der Waals surface area (Å²) in [5.41, 5.74) is 0.00976. The van der Waals surface area contributed by atoms with Gasteiger partial charge in [0.15, 0.2) is 0 Å². The van der Waals surface area contributed by atoms with E-state index < -0.39 is 4.92 Å². The van der Waals surface area contributed by atoms with E-state index in [0.717, 1.165) is 19.3 Å². The summed E-state index contributed by atoms with van der Waals surface area (Å²) in [6.07, 6.45) is 3.49. The average molecular weight is 299 g/mol. The maximum atomic E-state index is 12.1. The molecular formula is C14H19ClN2O3. The third-order valence-corrected chi connectivity index (χ3v) is 3.42. The van der Waals surface area contributed by atoms with Crippen molar-refractivity contribution in [3.63, 3.8) is 0 Å². The Morgan fingerprint density at radius 3 is 2.70 bits per heavy atom. The molecular weight excluding hydrogens is 280 g/mol. The summed E-state index contributed by atoms with van der Waals surface area (Å²) >= 11 is 5.74. The van der Waals surface area contributed by atoms with E-state index in [-0.39, 0.29) is 28.2 Å². The highest BCUT2D eigenvalue weighted by atomic mass is 35.5. The first-order valence-corrected chi connectivity index (χ1v) is 7.12. The Morgan fingerprint density at radius 2 is 2.15 bits per heavy atom. The first-order valence-electron chi connectivity index (χ1n) is 6.74. The van der Waals surface area contributed by atoms with E-state index in [4.69, 9.17) is 11.6 Å². The minimum atomic E-state index is -0.547. The lowest BCUT2D eigenvalue weighted by molar-refractivity contribution is -0.383. The first kappa shape index (κ1) is 16.4. The van der Waals surface area contributed by atoms with Crippen LogP contribution in [0, 0.1) is 16.0 Å². The second-order valence-corrected chi connectivity index (χ2v) is 5.09. The molecule has 0 fully saturated rings. The quantitative estimate of drug-likeness (QED) is 0.599. The molecule has 0 aromatic heterocycles. The average Bonchev–Trinajstić information content (AvgIpc) is 2.41. The fourth-order valence-electron chi connectivity index (χ4n) is 1.97. The van der Waals surface area contributed by atoms with Crippen molar-refractivity contribution in [2.45, 2.75) is 39.5 Å². The standard InChI is InChI=1S/C14H19ClN2O3/c1-3-5-6-10(4-2)14(18)16-12-8-7-11(15)9-13(12)17(19)20/h7-10H,3-6H2,1-2H3,(H,16,18)/t10-/m1/s1. The van der Waals surface area contributed by atoms with Crippen LogP contribution in [-0.2, 0) is 4.79 Å². The van der Waals surface area contributed by atoms with Crippen LogP contribution in [0.1, 0.15) is 39.5 Å². The maximum Gasteiger partial charge on any atom is 0.294 e. The lowest BCUT2D eigenvalue weighted by Gasteiger charge is -2.14. The summed E-state index contributed by atoms with van der Waals surface area (Å²) in [4.78, 5) is 22.6. The fraction of sp³-hybridized carbons (Fsp3) is 0.500. The maximum absolute atomic E-state index is 12.1. The number of unbranched alkanes of at least 4 members (excludes halogenated alkanes) is 1. The molecule has 0 aliphatic heterocycles. The predicted octanol–water partition coefficient (Wildman–Crippen LogP) is 4.40. The minimum Gasteiger partial charge on any atom is -0.320 e. The van der Waals surface area contributed by atoms with Gasteiger partial charge in [0.25, 0.3) is 5.69 Å². The van der Waals surface area contributed by atoms with E-state index in [9.17, 15) is 14.9 Å². The van der Waals surface area contributed by atoms with Crippen LogP contribution in [0.15, 0.2) is 18.2 Å². The molecule has 5 nitrogen and oxygen atoms in total. The molecule has 1 amide bonds. The summed E-state index contributed by atoms with van der Waals surface area (Å²) in [7, 11) is 0. The molecule has 1 N–H and O–H groups in total. The van der Waals surface area contributed by atoms with Crippen molar-refractivity contribution in [2.75, 3.05) is 5.32 Å². The molecule has 0 unspecified atom stereocenters. The SMILES string of the molecule is CCCC[C@@H](CC)C(=O)Nc1ccc(Cl)cc1[N+](=O)[O-]. The second-order valence-electron chi connectivity index (χ2n) is 4.66. The Bertz CT molecular complexity index is 491. The van der Waals surface area contributed by atoms with Gasteiger partial charge in [-0.05, 0) is 25.0 Å². The smallest absolute Gasteiger partial charge is 0.294 e. The van der Waals surface area contributed by atoms with Gasteiger partial charge in [-0.2, -0.15) is 0 Å². The van der Waals surface area contributed by atoms with Crippen LogP contribution >= 0.6 is 11.6 Å². The third-order valence-electron chi connectivity index (χ3n) is 3.18. The van der Waals surface area contributed by atoms with Gasteiger partial charge in [0.05, 0.1) is 4.92 Å². The molecule has 1 aromatic rings. The number of hydrogen-bond donors (Lipinski definition) is 1. The third kappa shape index (κ3) is 4.49. The minimum absolute atomic E-state index is 0.120. The second kappa shape index (κ2) is 7.85. The van der Waals surface area contributed by atoms with Crippen molar-refractivity contribution in [2.24, 2.45) is 5.92 Å². The van der Waals surface area contributed by atoms with E-state index in [2.05, 4.69) is 12.2 Å². The Balaban J connectivity index is 2.86. The summed E-state index contributed by atoms with van der Waals surface area (Å²) in [5, 5.41) is 13.9. The first-order chi connectivity index (χ1) is 9.49. The zero-order chi connectivity index (χ0) is 15.1. The highest BCUT2D eigenvalue weighted by Gasteiger charge is 2.20. The molecule has 110 valence electrons. The van der Waals surface area contributed by atoms with Gasteiger partial charge in [0.2, 0.25) is 5.91 Å². The van der Waals surface area contributed by atoms with E-state index in [1.165, 1.54) is 18.2 Å². The number of anilines is 1. The predicted molar refractivity (Wildman–Crippen MR) is 80.0 cm³/mol. The van der Waals surface area contributed by atoms with Crippen molar-refractivity contribution in [1.29, 1.82) is 0 Å². The van der Waals surface area contributed by atoms with Crippen LogP contribution in [0.5, 0.6) is 0 Å². The number of carbonyl (C=O) groups excluding carboxylic acids is 1. The summed E-state index contributed by atoms with van der Waals surface area (Å²) in [6.45, 7) is 4.00. The van der Waals surface area contributed by atoms with Crippen molar-refractivity contribution in [1.82, 2.24) is 0 Å². The van der Waals surface area contributed by atoms with E-state index in [0.29, 0.717) is 6.42 Å². The van der Waals surface area contributed by atoms with Crippen molar-refractivity contribution < 1.29 is 9.72 Å². The summed E-state index contributed by atoms with van der Waals surface area (Å²) < 4.78 is 0. The normalized spacial score (nSPS) is 11.9. The molecule has 1 rings (SSSR count). The van der Waals surface area contributed by atoms with Crippen LogP contribution < -0.4 is 5.32 Å². The molecule has 1 aromatic carbocycles. The largest absolute Gasteiger partial charge is 0.320 e. The number of carbonyl (C=O) groups is 1. The molecule has 20 heavy (non-hydrogen) atoms. The molecule has 0 bridgehead atoms. The number of nitrogens with one attached hydrogen (secondary N) is 1. The lowest BCUT2D eigenvalue weighted by Crippen LogP contribution is -2.22. The number of halogens is 1. The number of rotatable bonds is 7. The molecule has 6 heteroatoms. The Labute approximate surface area is 123 Å². The summed E-state index contributed by atoms with van der Waals surface area (Å²) in [6, 6.07) is 4.23. The molecule has 0 aliphatic carbocycles. The van der Waals surface area contributed by atoms with Gasteiger partial charge >= 0.3 is 0 Å². The molecule has 0 aliphatic rings. The van der Waals surface area contributed by atoms with Crippen LogP contribution in [-0.4, -0.2) is 10.8 Å². The summed E-state index contributed by atoms with van der Waals surface area (Å²) in [5.74, 6) is -0.295. The van der Waals surface area contributed by atoms with Gasteiger partial charge in [0.1, 0.15) is 5.69 Å². The van der Waals surface area contributed by atoms with Crippen LogP contribution in [0.25, 0.3) is 0 Å². The number of hydrogen-bond acceptors (Lipinski definition) is 3. The van der Waals surface area contributed by atoms with Gasteiger partial charge in [-0.3, -0.25) is 14.9 Å². The molecule has 0 spiro atoms. The number of benzene rings is 1. The van der Waals surface area contributed by atoms with Gasteiger partial charge < -0.3 is 5.32 Å². The molecule has 0 radical (unpaired) electrons. The van der Waals surface area contributed by atoms with E-state index in [1.54, 1.807) is 0 Å². The molecule has 0 saturated heterocycles. The topological polar surface area (TPSA) is 72.2 Å². The zero-order valence-electron chi connectivity index (χ0n) is 11.7. The highest BCUT2D eigenvalue weighted by Crippen LogP contribution is 2.28. The Morgan fingerprint density at radius 1 is 1.45 bits per heavy atom. The monoisotopic (exact) mass is 298 g/mol. The van der Waals surface area contributed by atoms with Crippen LogP contribution in [0.2, 0.25) is 5.02 Å². The van der Waals surface area contributed by atoms with Crippen LogP contribution in [0.3, 0.4) is 0 Å². The molecule has 0 heterocycles. The van der Waals surface area contributed by atoms with Crippen molar-refractivity contribution in [3.05, 3.63) is 33.3 Å². The van der Waals surface area contributed by atoms with E-state index in [1.807, 2.05) is 6.92 Å². The lowest BCUT2D eigenvalue weighted by atomic mass is 9.98. The van der Waals surface area contributed by atoms with Gasteiger partial charge in [-0.1, -0.05) is 38.3 Å². The number of nitro benzene ring substituents is 1. The van der Waals surface area contributed by atoms with Crippen LogP contribution in [0.4, 0.5) is 11.4 Å². The highest BCUT2D eigenvalue weighted by molar-refractivity contribution is 6.31. The van der Waals surface area contributed by atoms with Gasteiger partial charge in [-0.25, -0.2) is 0 Å². The van der Waals surface area contributed by atoms with Crippen molar-refractivity contribution >= 4 is 28.9 Å². The molecule has 1 atom stereocenters. The number of nitrogens with zero attached hydrogens (tertiary/aromatic N) is 1. The number of amides is 1. The fourth-order valence-corrected chi connectivity index (χ4v) is 2.13. The Kier molecular flexibility index (Phi) is 6.45. The van der Waals surface area contributed by atoms with E-state index >= 15 is 0 Å². The van der Waals surface area contributed by atoms with Gasteiger partial charge in [0, 0.05) is 17.0 Å². The number of nitro groups is 1. The Hall–Kier alpha value is -1.62.